The molecule has 2 amide bonds. The smallest absolute Gasteiger partial charge is 0.265 e. The summed E-state index contributed by atoms with van der Waals surface area (Å²) in [5, 5.41) is 0. The van der Waals surface area contributed by atoms with Crippen molar-refractivity contribution in [2.24, 2.45) is 0 Å². The first-order chi connectivity index (χ1) is 9.75. The van der Waals surface area contributed by atoms with E-state index in [1.165, 1.54) is 11.3 Å². The highest BCUT2D eigenvalue weighted by Gasteiger charge is 2.32. The number of nitrogens with zero attached hydrogens (tertiary/aromatic N) is 3. The number of aromatic nitrogens is 1. The van der Waals surface area contributed by atoms with Gasteiger partial charge in [-0.15, -0.1) is 11.3 Å². The maximum atomic E-state index is 12.4. The highest BCUT2D eigenvalue weighted by Crippen LogP contribution is 2.22. The molecule has 0 aromatic carbocycles. The van der Waals surface area contributed by atoms with Crippen molar-refractivity contribution in [2.75, 3.05) is 19.6 Å². The van der Waals surface area contributed by atoms with Gasteiger partial charge in [0.15, 0.2) is 0 Å². The maximum Gasteiger partial charge on any atom is 0.265 e. The van der Waals surface area contributed by atoms with Crippen molar-refractivity contribution in [3.8, 4) is 0 Å². The van der Waals surface area contributed by atoms with Gasteiger partial charge in [0.1, 0.15) is 4.88 Å². The third-order valence-corrected chi connectivity index (χ3v) is 4.89. The highest BCUT2D eigenvalue weighted by atomic mass is 32.1. The van der Waals surface area contributed by atoms with Crippen molar-refractivity contribution in [3.63, 3.8) is 0 Å². The number of thiazole rings is 1. The zero-order chi connectivity index (χ0) is 13.9. The maximum absolute atomic E-state index is 12.4. The molecule has 1 unspecified atom stereocenters. The molecule has 3 heterocycles. The van der Waals surface area contributed by atoms with Crippen molar-refractivity contribution < 1.29 is 9.59 Å². The number of amides is 2. The van der Waals surface area contributed by atoms with E-state index in [9.17, 15) is 9.59 Å². The fourth-order valence-electron chi connectivity index (χ4n) is 3.08. The van der Waals surface area contributed by atoms with E-state index in [0.29, 0.717) is 17.8 Å². The monoisotopic (exact) mass is 293 g/mol. The molecule has 2 fully saturated rings. The van der Waals surface area contributed by atoms with Crippen LogP contribution < -0.4 is 0 Å². The summed E-state index contributed by atoms with van der Waals surface area (Å²) < 4.78 is 0. The summed E-state index contributed by atoms with van der Waals surface area (Å²) in [6.45, 7) is 2.31. The minimum atomic E-state index is 0.0571. The Hall–Kier alpha value is -1.43. The van der Waals surface area contributed by atoms with Gasteiger partial charge in [-0.25, -0.2) is 0 Å². The molecule has 2 aliphatic rings. The lowest BCUT2D eigenvalue weighted by atomic mass is 10.00. The van der Waals surface area contributed by atoms with Crippen molar-refractivity contribution in [1.82, 2.24) is 14.8 Å². The van der Waals surface area contributed by atoms with E-state index in [4.69, 9.17) is 0 Å². The van der Waals surface area contributed by atoms with Crippen LogP contribution in [0.1, 0.15) is 41.8 Å². The summed E-state index contributed by atoms with van der Waals surface area (Å²) >= 11 is 1.38. The topological polar surface area (TPSA) is 53.5 Å². The number of rotatable bonds is 2. The van der Waals surface area contributed by atoms with E-state index in [1.807, 2.05) is 9.80 Å². The van der Waals surface area contributed by atoms with Crippen LogP contribution in [-0.4, -0.2) is 52.3 Å². The molecule has 6 heteroatoms. The van der Waals surface area contributed by atoms with Crippen LogP contribution in [0.15, 0.2) is 11.7 Å². The average molecular weight is 293 g/mol. The molecule has 1 aromatic heterocycles. The van der Waals surface area contributed by atoms with E-state index in [-0.39, 0.29) is 17.9 Å². The number of hydrogen-bond acceptors (Lipinski definition) is 4. The van der Waals surface area contributed by atoms with E-state index in [1.54, 1.807) is 11.7 Å². The van der Waals surface area contributed by atoms with Crippen LogP contribution in [0.4, 0.5) is 0 Å². The third-order valence-electron chi connectivity index (χ3n) is 4.13. The van der Waals surface area contributed by atoms with Crippen LogP contribution in [0, 0.1) is 0 Å². The predicted octanol–water partition coefficient (Wildman–Crippen LogP) is 1.76. The van der Waals surface area contributed by atoms with Crippen LogP contribution in [0.3, 0.4) is 0 Å². The van der Waals surface area contributed by atoms with Crippen LogP contribution in [0.5, 0.6) is 0 Å². The summed E-state index contributed by atoms with van der Waals surface area (Å²) in [4.78, 5) is 32.9. The summed E-state index contributed by atoms with van der Waals surface area (Å²) in [6, 6.07) is 0.202. The van der Waals surface area contributed by atoms with Crippen LogP contribution in [0.2, 0.25) is 0 Å². The van der Waals surface area contributed by atoms with Gasteiger partial charge in [-0.2, -0.15) is 0 Å². The minimum Gasteiger partial charge on any atom is -0.338 e. The molecule has 0 bridgehead atoms. The lowest BCUT2D eigenvalue weighted by molar-refractivity contribution is -0.136. The Kier molecular flexibility index (Phi) is 4.00. The fraction of sp³-hybridized carbons (Fsp3) is 0.643. The summed E-state index contributed by atoms with van der Waals surface area (Å²) in [6.07, 6.45) is 6.37. The van der Waals surface area contributed by atoms with Crippen molar-refractivity contribution in [2.45, 2.75) is 38.1 Å². The first-order valence-corrected chi connectivity index (χ1v) is 8.11. The second-order valence-electron chi connectivity index (χ2n) is 5.46. The molecular weight excluding hydrogens is 274 g/mol. The van der Waals surface area contributed by atoms with E-state index in [0.717, 1.165) is 38.8 Å². The number of carbonyl (C=O) groups is 2. The van der Waals surface area contributed by atoms with E-state index < -0.39 is 0 Å². The molecule has 2 saturated heterocycles. The summed E-state index contributed by atoms with van der Waals surface area (Å²) in [5.74, 6) is 0.315. The quantitative estimate of drug-likeness (QED) is 0.835. The Bertz CT molecular complexity index is 489. The Balaban J connectivity index is 1.67. The summed E-state index contributed by atoms with van der Waals surface area (Å²) in [7, 11) is 0. The molecule has 5 nitrogen and oxygen atoms in total. The first kappa shape index (κ1) is 13.5. The first-order valence-electron chi connectivity index (χ1n) is 7.23. The van der Waals surface area contributed by atoms with Gasteiger partial charge in [0.25, 0.3) is 5.91 Å². The van der Waals surface area contributed by atoms with E-state index >= 15 is 0 Å². The van der Waals surface area contributed by atoms with Crippen LogP contribution >= 0.6 is 11.3 Å². The van der Waals surface area contributed by atoms with Gasteiger partial charge < -0.3 is 9.80 Å². The summed E-state index contributed by atoms with van der Waals surface area (Å²) in [5.41, 5.74) is 1.68. The van der Waals surface area contributed by atoms with Gasteiger partial charge >= 0.3 is 0 Å². The number of carbonyl (C=O) groups excluding carboxylic acids is 2. The van der Waals surface area contributed by atoms with Gasteiger partial charge in [0, 0.05) is 32.1 Å². The van der Waals surface area contributed by atoms with Crippen molar-refractivity contribution >= 4 is 23.2 Å². The molecule has 0 aliphatic carbocycles. The van der Waals surface area contributed by atoms with Gasteiger partial charge in [-0.1, -0.05) is 0 Å². The molecule has 108 valence electrons. The van der Waals surface area contributed by atoms with Gasteiger partial charge in [-0.3, -0.25) is 14.6 Å². The number of piperidine rings is 2. The fourth-order valence-corrected chi connectivity index (χ4v) is 3.67. The zero-order valence-corrected chi connectivity index (χ0v) is 12.3. The average Bonchev–Trinajstić information content (AvgIpc) is 3.01. The molecule has 1 aromatic rings. The van der Waals surface area contributed by atoms with Crippen molar-refractivity contribution in [3.05, 3.63) is 16.6 Å². The molecule has 3 rings (SSSR count). The van der Waals surface area contributed by atoms with Crippen LogP contribution in [0.25, 0.3) is 0 Å². The Morgan fingerprint density at radius 2 is 2.20 bits per heavy atom. The van der Waals surface area contributed by atoms with E-state index in [2.05, 4.69) is 4.98 Å². The normalized spacial score (nSPS) is 24.0. The lowest BCUT2D eigenvalue weighted by Crippen LogP contribution is -2.52. The molecule has 0 radical (unpaired) electrons. The number of hydrogen-bond donors (Lipinski definition) is 0. The van der Waals surface area contributed by atoms with Crippen LogP contribution in [-0.2, 0) is 4.79 Å². The minimum absolute atomic E-state index is 0.0571. The molecule has 0 saturated carbocycles. The highest BCUT2D eigenvalue weighted by molar-refractivity contribution is 7.11. The second kappa shape index (κ2) is 5.91. The third kappa shape index (κ3) is 2.70. The SMILES string of the molecule is O=C(c1cncs1)N1CCCC(N2CCCCC2=O)C1. The molecule has 2 aliphatic heterocycles. The molecule has 0 spiro atoms. The standard InChI is InChI=1S/C14H19N3O2S/c18-13-5-1-2-7-17(13)11-4-3-6-16(9-11)14(19)12-8-15-10-20-12/h8,10-11H,1-7,9H2. The zero-order valence-electron chi connectivity index (χ0n) is 11.5. The molecule has 0 N–H and O–H groups in total. The molecular formula is C14H19N3O2S. The van der Waals surface area contributed by atoms with Gasteiger partial charge in [0.2, 0.25) is 5.91 Å². The largest absolute Gasteiger partial charge is 0.338 e. The Labute approximate surface area is 122 Å². The van der Waals surface area contributed by atoms with Gasteiger partial charge in [-0.05, 0) is 25.7 Å². The van der Waals surface area contributed by atoms with Crippen molar-refractivity contribution in [1.29, 1.82) is 0 Å². The number of likely N-dealkylation sites (tertiary alicyclic amines) is 2. The molecule has 1 atom stereocenters. The Morgan fingerprint density at radius 1 is 1.30 bits per heavy atom. The Morgan fingerprint density at radius 3 is 2.95 bits per heavy atom. The predicted molar refractivity (Wildman–Crippen MR) is 76.6 cm³/mol. The lowest BCUT2D eigenvalue weighted by Gasteiger charge is -2.40. The molecule has 20 heavy (non-hydrogen) atoms. The van der Waals surface area contributed by atoms with Gasteiger partial charge in [0.05, 0.1) is 11.7 Å². The second-order valence-corrected chi connectivity index (χ2v) is 6.34.